The molecule has 2 amide bonds. The minimum atomic E-state index is -0.644. The number of benzene rings is 2. The van der Waals surface area contributed by atoms with E-state index >= 15 is 0 Å². The quantitative estimate of drug-likeness (QED) is 0.644. The third-order valence-electron chi connectivity index (χ3n) is 5.54. The van der Waals surface area contributed by atoms with Crippen LogP contribution in [-0.2, 0) is 16.1 Å². The Morgan fingerprint density at radius 2 is 1.58 bits per heavy atom. The molecule has 3 rings (SSSR count). The summed E-state index contributed by atoms with van der Waals surface area (Å²) in [5, 5.41) is 6.50. The molecule has 2 aromatic carbocycles. The second-order valence-electron chi connectivity index (χ2n) is 7.88. The van der Waals surface area contributed by atoms with Crippen LogP contribution in [0.4, 0.5) is 5.69 Å². The maximum atomic E-state index is 12.1. The second kappa shape index (κ2) is 11.0. The number of rotatable bonds is 6. The Morgan fingerprint density at radius 3 is 2.26 bits per heavy atom. The summed E-state index contributed by atoms with van der Waals surface area (Å²) in [6.45, 7) is 9.63. The van der Waals surface area contributed by atoms with Crippen LogP contribution in [0.5, 0.6) is 0 Å². The second-order valence-corrected chi connectivity index (χ2v) is 8.69. The van der Waals surface area contributed by atoms with E-state index in [2.05, 4.69) is 20.4 Å². The first-order chi connectivity index (χ1) is 14.8. The summed E-state index contributed by atoms with van der Waals surface area (Å²) in [7, 11) is 0. The van der Waals surface area contributed by atoms with Crippen LogP contribution in [0.2, 0.25) is 10.0 Å². The molecule has 1 heterocycles. The lowest BCUT2D eigenvalue weighted by molar-refractivity contribution is -0.136. The van der Waals surface area contributed by atoms with Gasteiger partial charge in [-0.15, -0.1) is 0 Å². The van der Waals surface area contributed by atoms with E-state index in [1.165, 1.54) is 0 Å². The van der Waals surface area contributed by atoms with E-state index < -0.39 is 11.8 Å². The fraction of sp³-hybridized carbons (Fsp3) is 0.391. The van der Waals surface area contributed by atoms with Crippen molar-refractivity contribution in [2.45, 2.75) is 20.4 Å². The lowest BCUT2D eigenvalue weighted by Gasteiger charge is -2.34. The van der Waals surface area contributed by atoms with E-state index in [1.54, 1.807) is 6.07 Å². The zero-order valence-corrected chi connectivity index (χ0v) is 19.4. The first kappa shape index (κ1) is 23.5. The summed E-state index contributed by atoms with van der Waals surface area (Å²) in [4.78, 5) is 28.8. The molecule has 2 aromatic rings. The van der Waals surface area contributed by atoms with Gasteiger partial charge < -0.3 is 10.6 Å². The molecule has 1 fully saturated rings. The topological polar surface area (TPSA) is 64.7 Å². The largest absolute Gasteiger partial charge is 0.347 e. The number of anilines is 1. The van der Waals surface area contributed by atoms with Gasteiger partial charge in [0.15, 0.2) is 0 Å². The van der Waals surface area contributed by atoms with E-state index in [4.69, 9.17) is 23.2 Å². The molecular weight excluding hydrogens is 435 g/mol. The molecule has 0 aliphatic carbocycles. The van der Waals surface area contributed by atoms with Crippen molar-refractivity contribution in [3.05, 3.63) is 63.1 Å². The minimum Gasteiger partial charge on any atom is -0.347 e. The van der Waals surface area contributed by atoms with Crippen molar-refractivity contribution < 1.29 is 9.59 Å². The van der Waals surface area contributed by atoms with Crippen molar-refractivity contribution >= 4 is 40.7 Å². The molecule has 6 nitrogen and oxygen atoms in total. The van der Waals surface area contributed by atoms with Crippen molar-refractivity contribution in [3.63, 3.8) is 0 Å². The lowest BCUT2D eigenvalue weighted by atomic mass is 10.1. The van der Waals surface area contributed by atoms with Crippen molar-refractivity contribution in [1.82, 2.24) is 15.1 Å². The molecule has 0 aromatic heterocycles. The molecule has 1 aliphatic rings. The van der Waals surface area contributed by atoms with E-state index in [9.17, 15) is 9.59 Å². The van der Waals surface area contributed by atoms with Gasteiger partial charge in [0.25, 0.3) is 0 Å². The van der Waals surface area contributed by atoms with Crippen LogP contribution < -0.4 is 10.6 Å². The number of nitrogens with one attached hydrogen (secondary N) is 2. The zero-order chi connectivity index (χ0) is 22.4. The van der Waals surface area contributed by atoms with Crippen LogP contribution in [-0.4, -0.2) is 60.9 Å². The molecule has 8 heteroatoms. The van der Waals surface area contributed by atoms with Gasteiger partial charge in [-0.1, -0.05) is 35.3 Å². The molecule has 0 spiro atoms. The monoisotopic (exact) mass is 462 g/mol. The van der Waals surface area contributed by atoms with E-state index in [-0.39, 0.29) is 0 Å². The van der Waals surface area contributed by atoms with Gasteiger partial charge in [-0.2, -0.15) is 0 Å². The average Bonchev–Trinajstić information content (AvgIpc) is 2.74. The van der Waals surface area contributed by atoms with Gasteiger partial charge in [-0.25, -0.2) is 0 Å². The average molecular weight is 463 g/mol. The van der Waals surface area contributed by atoms with E-state index in [1.807, 2.05) is 44.2 Å². The summed E-state index contributed by atoms with van der Waals surface area (Å²) in [5.74, 6) is -1.26. The molecule has 2 N–H and O–H groups in total. The van der Waals surface area contributed by atoms with Gasteiger partial charge >= 0.3 is 11.8 Å². The SMILES string of the molecule is Cc1ccc(NC(=O)C(=O)NCCN2CCN(Cc3ccc(Cl)c(Cl)c3)CC2)cc1C. The molecule has 1 saturated heterocycles. The number of nitrogens with zero attached hydrogens (tertiary/aromatic N) is 2. The summed E-state index contributed by atoms with van der Waals surface area (Å²) in [6.07, 6.45) is 0. The van der Waals surface area contributed by atoms with Crippen LogP contribution in [0.15, 0.2) is 36.4 Å². The van der Waals surface area contributed by atoms with Crippen LogP contribution in [0.1, 0.15) is 16.7 Å². The van der Waals surface area contributed by atoms with Gasteiger partial charge in [-0.3, -0.25) is 19.4 Å². The highest BCUT2D eigenvalue weighted by Gasteiger charge is 2.18. The Hall–Kier alpha value is -2.12. The number of carbonyl (C=O) groups excluding carboxylic acids is 2. The molecule has 0 radical (unpaired) electrons. The predicted molar refractivity (Wildman–Crippen MR) is 126 cm³/mol. The number of amides is 2. The van der Waals surface area contributed by atoms with Crippen molar-refractivity contribution in [2.75, 3.05) is 44.6 Å². The Bertz CT molecular complexity index is 943. The summed E-state index contributed by atoms with van der Waals surface area (Å²) >= 11 is 12.1. The van der Waals surface area contributed by atoms with Gasteiger partial charge in [0, 0.05) is 51.5 Å². The summed E-state index contributed by atoms with van der Waals surface area (Å²) in [5.41, 5.74) is 3.97. The Balaban J connectivity index is 1.35. The predicted octanol–water partition coefficient (Wildman–Crippen LogP) is 3.48. The smallest absolute Gasteiger partial charge is 0.313 e. The van der Waals surface area contributed by atoms with Crippen molar-refractivity contribution in [1.29, 1.82) is 0 Å². The van der Waals surface area contributed by atoms with Crippen molar-refractivity contribution in [3.8, 4) is 0 Å². The normalized spacial score (nSPS) is 15.0. The molecular formula is C23H28Cl2N4O2. The molecule has 0 atom stereocenters. The van der Waals surface area contributed by atoms with Crippen molar-refractivity contribution in [2.24, 2.45) is 0 Å². The van der Waals surface area contributed by atoms with Gasteiger partial charge in [0.1, 0.15) is 0 Å². The lowest BCUT2D eigenvalue weighted by Crippen LogP contribution is -2.48. The maximum Gasteiger partial charge on any atom is 0.313 e. The standard InChI is InChI=1S/C23H28Cl2N4O2/c1-16-3-5-19(13-17(16)2)27-23(31)22(30)26-7-8-28-9-11-29(12-10-28)15-18-4-6-20(24)21(25)14-18/h3-6,13-14H,7-12,15H2,1-2H3,(H,26,30)(H,27,31). The van der Waals surface area contributed by atoms with E-state index in [0.717, 1.165) is 49.4 Å². The number of carbonyl (C=O) groups is 2. The Morgan fingerprint density at radius 1 is 0.871 bits per heavy atom. The number of halogens is 2. The van der Waals surface area contributed by atoms with E-state index in [0.29, 0.717) is 28.8 Å². The summed E-state index contributed by atoms with van der Waals surface area (Å²) < 4.78 is 0. The van der Waals surface area contributed by atoms with Crippen LogP contribution in [0.3, 0.4) is 0 Å². The number of hydrogen-bond acceptors (Lipinski definition) is 4. The highest BCUT2D eigenvalue weighted by molar-refractivity contribution is 6.42. The van der Waals surface area contributed by atoms with Gasteiger partial charge in [0.2, 0.25) is 0 Å². The third kappa shape index (κ3) is 6.94. The van der Waals surface area contributed by atoms with Crippen LogP contribution in [0, 0.1) is 13.8 Å². The molecule has 0 unspecified atom stereocenters. The van der Waals surface area contributed by atoms with Crippen LogP contribution >= 0.6 is 23.2 Å². The Labute approximate surface area is 193 Å². The Kier molecular flexibility index (Phi) is 8.32. The first-order valence-electron chi connectivity index (χ1n) is 10.4. The van der Waals surface area contributed by atoms with Gasteiger partial charge in [-0.05, 0) is 54.8 Å². The molecule has 31 heavy (non-hydrogen) atoms. The maximum absolute atomic E-state index is 12.1. The van der Waals surface area contributed by atoms with Crippen LogP contribution in [0.25, 0.3) is 0 Å². The highest BCUT2D eigenvalue weighted by atomic mass is 35.5. The number of hydrogen-bond donors (Lipinski definition) is 2. The fourth-order valence-corrected chi connectivity index (χ4v) is 3.80. The number of piperazine rings is 1. The molecule has 0 bridgehead atoms. The molecule has 166 valence electrons. The molecule has 0 saturated carbocycles. The third-order valence-corrected chi connectivity index (χ3v) is 6.28. The molecule has 1 aliphatic heterocycles. The highest BCUT2D eigenvalue weighted by Crippen LogP contribution is 2.23. The fourth-order valence-electron chi connectivity index (χ4n) is 3.48. The summed E-state index contributed by atoms with van der Waals surface area (Å²) in [6, 6.07) is 11.3. The number of aryl methyl sites for hydroxylation is 2. The first-order valence-corrected chi connectivity index (χ1v) is 11.1. The minimum absolute atomic E-state index is 0.436. The zero-order valence-electron chi connectivity index (χ0n) is 17.9. The van der Waals surface area contributed by atoms with Gasteiger partial charge in [0.05, 0.1) is 10.0 Å².